The van der Waals surface area contributed by atoms with Crippen LogP contribution in [0, 0.1) is 0 Å². The quantitative estimate of drug-likeness (QED) is 0.502. The van der Waals surface area contributed by atoms with E-state index >= 15 is 0 Å². The van der Waals surface area contributed by atoms with Gasteiger partial charge in [0.1, 0.15) is 0 Å². The zero-order valence-corrected chi connectivity index (χ0v) is 11.6. The van der Waals surface area contributed by atoms with Crippen LogP contribution in [-0.2, 0) is 0 Å². The first kappa shape index (κ1) is 12.2. The Bertz CT molecular complexity index is 578. The van der Waals surface area contributed by atoms with Crippen molar-refractivity contribution in [2.24, 2.45) is 4.99 Å². The SMILES string of the molecule is C1=CC=CC=1/C(=C1/C=CC=N1)c1ccc[n-]1.[Na+]. The molecule has 0 saturated carbocycles. The van der Waals surface area contributed by atoms with E-state index in [9.17, 15) is 0 Å². The van der Waals surface area contributed by atoms with Crippen LogP contribution in [0.15, 0.2) is 70.7 Å². The van der Waals surface area contributed by atoms with E-state index in [-0.39, 0.29) is 29.6 Å². The van der Waals surface area contributed by atoms with Gasteiger partial charge in [0.15, 0.2) is 0 Å². The largest absolute Gasteiger partial charge is 1.00 e. The molecule has 1 aliphatic heterocycles. The van der Waals surface area contributed by atoms with Crippen LogP contribution in [0.3, 0.4) is 0 Å². The van der Waals surface area contributed by atoms with Crippen LogP contribution in [-0.4, -0.2) is 6.21 Å². The first-order valence-corrected chi connectivity index (χ1v) is 5.12. The molecule has 0 saturated heterocycles. The summed E-state index contributed by atoms with van der Waals surface area (Å²) in [5.41, 5.74) is 7.17. The molecular weight excluding hydrogens is 219 g/mol. The normalized spacial score (nSPS) is 18.5. The third-order valence-electron chi connectivity index (χ3n) is 2.49. The number of hydrogen-bond acceptors (Lipinski definition) is 1. The van der Waals surface area contributed by atoms with Gasteiger partial charge in [0.2, 0.25) is 0 Å². The molecule has 0 N–H and O–H groups in total. The number of aromatic nitrogens is 1. The second-order valence-corrected chi connectivity index (χ2v) is 3.50. The second kappa shape index (κ2) is 5.35. The number of rotatable bonds is 2. The molecule has 0 radical (unpaired) electrons. The van der Waals surface area contributed by atoms with Gasteiger partial charge < -0.3 is 4.98 Å². The van der Waals surface area contributed by atoms with Gasteiger partial charge in [0, 0.05) is 17.4 Å². The van der Waals surface area contributed by atoms with Crippen molar-refractivity contribution in [3.05, 3.63) is 71.4 Å². The Kier molecular flexibility index (Phi) is 3.82. The predicted molar refractivity (Wildman–Crippen MR) is 65.1 cm³/mol. The Labute approximate surface area is 122 Å². The minimum absolute atomic E-state index is 0. The average molecular weight is 228 g/mol. The minimum Gasteiger partial charge on any atom is -0.664 e. The molecular formula is C14H9N2Na. The van der Waals surface area contributed by atoms with Crippen LogP contribution >= 0.6 is 0 Å². The maximum absolute atomic E-state index is 4.33. The molecule has 3 rings (SSSR count). The average Bonchev–Trinajstić information content (AvgIpc) is 3.02. The molecule has 3 heteroatoms. The third-order valence-corrected chi connectivity index (χ3v) is 2.49. The summed E-state index contributed by atoms with van der Waals surface area (Å²) in [5, 5.41) is 0. The van der Waals surface area contributed by atoms with Crippen LogP contribution in [0.2, 0.25) is 0 Å². The summed E-state index contributed by atoms with van der Waals surface area (Å²) >= 11 is 0. The maximum atomic E-state index is 4.33. The van der Waals surface area contributed by atoms with Crippen molar-refractivity contribution in [3.8, 4) is 0 Å². The summed E-state index contributed by atoms with van der Waals surface area (Å²) in [7, 11) is 0. The molecule has 0 spiro atoms. The number of aliphatic imine (C=N–C) groups is 1. The molecule has 17 heavy (non-hydrogen) atoms. The van der Waals surface area contributed by atoms with Crippen molar-refractivity contribution in [2.75, 3.05) is 0 Å². The van der Waals surface area contributed by atoms with Crippen molar-refractivity contribution in [3.63, 3.8) is 0 Å². The van der Waals surface area contributed by atoms with Gasteiger partial charge in [-0.25, -0.2) is 0 Å². The zero-order chi connectivity index (χ0) is 10.8. The third kappa shape index (κ3) is 2.36. The molecule has 0 atom stereocenters. The fourth-order valence-electron chi connectivity index (χ4n) is 1.79. The van der Waals surface area contributed by atoms with E-state index in [4.69, 9.17) is 0 Å². The smallest absolute Gasteiger partial charge is 0.664 e. The standard InChI is InChI=1S/C14H9N2.Na/c1-2-6-11(5-1)14(12-7-3-9-15-12)13-8-4-10-16-13;/h1-5,7-10H;/q-1;+1/b14-12+;. The van der Waals surface area contributed by atoms with E-state index in [1.54, 1.807) is 12.4 Å². The molecule has 0 unspecified atom stereocenters. The predicted octanol–water partition coefficient (Wildman–Crippen LogP) is -0.349. The number of nitrogens with zero attached hydrogens (tertiary/aromatic N) is 2. The fourth-order valence-corrected chi connectivity index (χ4v) is 1.79. The summed E-state index contributed by atoms with van der Waals surface area (Å²) < 4.78 is 0. The van der Waals surface area contributed by atoms with Gasteiger partial charge in [-0.3, -0.25) is 4.99 Å². The van der Waals surface area contributed by atoms with Crippen molar-refractivity contribution < 1.29 is 29.6 Å². The second-order valence-electron chi connectivity index (χ2n) is 3.50. The fraction of sp³-hybridized carbons (Fsp3) is 0. The first-order chi connectivity index (χ1) is 7.95. The van der Waals surface area contributed by atoms with Crippen molar-refractivity contribution in [2.45, 2.75) is 0 Å². The molecule has 2 aliphatic rings. The Morgan fingerprint density at radius 2 is 2.18 bits per heavy atom. The van der Waals surface area contributed by atoms with Gasteiger partial charge in [-0.05, 0) is 24.3 Å². The van der Waals surface area contributed by atoms with Crippen molar-refractivity contribution in [1.82, 2.24) is 4.98 Å². The molecule has 0 fully saturated rings. The summed E-state index contributed by atoms with van der Waals surface area (Å²) in [4.78, 5) is 8.66. The first-order valence-electron chi connectivity index (χ1n) is 5.12. The molecule has 1 aromatic rings. The molecule has 0 bridgehead atoms. The van der Waals surface area contributed by atoms with Crippen LogP contribution in [0.5, 0.6) is 0 Å². The van der Waals surface area contributed by atoms with E-state index in [0.717, 1.165) is 22.5 Å². The van der Waals surface area contributed by atoms with Crippen LogP contribution in [0.1, 0.15) is 5.69 Å². The van der Waals surface area contributed by atoms with E-state index in [1.165, 1.54) is 0 Å². The van der Waals surface area contributed by atoms with Crippen molar-refractivity contribution >= 4 is 11.8 Å². The van der Waals surface area contributed by atoms with E-state index in [1.807, 2.05) is 42.5 Å². The van der Waals surface area contributed by atoms with Gasteiger partial charge in [-0.1, -0.05) is 18.2 Å². The monoisotopic (exact) mass is 228 g/mol. The Morgan fingerprint density at radius 1 is 1.24 bits per heavy atom. The summed E-state index contributed by atoms with van der Waals surface area (Å²) in [6, 6.07) is 3.92. The Morgan fingerprint density at radius 3 is 2.76 bits per heavy atom. The van der Waals surface area contributed by atoms with E-state index in [0.29, 0.717) is 0 Å². The van der Waals surface area contributed by atoms with Gasteiger partial charge in [-0.2, -0.15) is 6.20 Å². The topological polar surface area (TPSA) is 26.5 Å². The maximum Gasteiger partial charge on any atom is 1.00 e. The van der Waals surface area contributed by atoms with Gasteiger partial charge in [-0.15, -0.1) is 11.4 Å². The van der Waals surface area contributed by atoms with Crippen LogP contribution < -0.4 is 34.5 Å². The van der Waals surface area contributed by atoms with Gasteiger partial charge in [0.05, 0.1) is 5.70 Å². The molecule has 0 aromatic carbocycles. The Hall–Kier alpha value is -1.31. The number of allylic oxidation sites excluding steroid dienone is 6. The summed E-state index contributed by atoms with van der Waals surface area (Å²) in [5.74, 6) is 0. The van der Waals surface area contributed by atoms with Crippen LogP contribution in [0.4, 0.5) is 0 Å². The Balaban J connectivity index is 0.00000108. The molecule has 1 aliphatic carbocycles. The van der Waals surface area contributed by atoms with Gasteiger partial charge >= 0.3 is 29.6 Å². The van der Waals surface area contributed by atoms with E-state index in [2.05, 4.69) is 15.7 Å². The van der Waals surface area contributed by atoms with Gasteiger partial charge in [0.25, 0.3) is 0 Å². The molecule has 2 heterocycles. The summed E-state index contributed by atoms with van der Waals surface area (Å²) in [6.45, 7) is 0. The van der Waals surface area contributed by atoms with E-state index < -0.39 is 0 Å². The number of hydrogen-bond donors (Lipinski definition) is 0. The van der Waals surface area contributed by atoms with Crippen molar-refractivity contribution in [1.29, 1.82) is 0 Å². The molecule has 76 valence electrons. The molecule has 1 aromatic heterocycles. The summed E-state index contributed by atoms with van der Waals surface area (Å²) in [6.07, 6.45) is 13.4. The zero-order valence-electron chi connectivity index (χ0n) is 9.59. The van der Waals surface area contributed by atoms with Crippen LogP contribution in [0.25, 0.3) is 5.57 Å². The molecule has 2 nitrogen and oxygen atoms in total. The molecule has 0 amide bonds. The minimum atomic E-state index is 0.